The van der Waals surface area contributed by atoms with Crippen molar-refractivity contribution in [2.24, 2.45) is 0 Å². The van der Waals surface area contributed by atoms with Crippen LogP contribution in [0.2, 0.25) is 0 Å². The van der Waals surface area contributed by atoms with Crippen molar-refractivity contribution < 1.29 is 29.4 Å². The second-order valence-corrected chi connectivity index (χ2v) is 3.84. The van der Waals surface area contributed by atoms with Crippen LogP contribution >= 0.6 is 0 Å². The fourth-order valence-corrected chi connectivity index (χ4v) is 1.27. The van der Waals surface area contributed by atoms with E-state index in [-0.39, 0.29) is 24.4 Å². The van der Waals surface area contributed by atoms with Gasteiger partial charge in [0, 0.05) is 25.0 Å². The van der Waals surface area contributed by atoms with Crippen molar-refractivity contribution in [1.82, 2.24) is 0 Å². The zero-order chi connectivity index (χ0) is 14.7. The molecular formula is C13H16O6. The molecule has 0 aromatic carbocycles. The molecule has 0 heterocycles. The second kappa shape index (κ2) is 9.76. The van der Waals surface area contributed by atoms with Crippen molar-refractivity contribution in [1.29, 1.82) is 0 Å². The molecule has 2 N–H and O–H groups in total. The van der Waals surface area contributed by atoms with Crippen LogP contribution in [0, 0.1) is 0 Å². The molecule has 0 radical (unpaired) electrons. The molecule has 0 aliphatic heterocycles. The molecule has 6 nitrogen and oxygen atoms in total. The van der Waals surface area contributed by atoms with Crippen molar-refractivity contribution in [2.75, 3.05) is 0 Å². The Hall–Kier alpha value is -2.24. The highest BCUT2D eigenvalue weighted by atomic mass is 16.4. The maximum atomic E-state index is 11.1. The molecule has 0 aliphatic carbocycles. The van der Waals surface area contributed by atoms with Gasteiger partial charge in [-0.25, -0.2) is 9.59 Å². The maximum absolute atomic E-state index is 11.1. The zero-order valence-electron chi connectivity index (χ0n) is 10.4. The second-order valence-electron chi connectivity index (χ2n) is 3.84. The van der Waals surface area contributed by atoms with Gasteiger partial charge in [-0.1, -0.05) is 6.42 Å². The lowest BCUT2D eigenvalue weighted by Crippen LogP contribution is -1.97. The van der Waals surface area contributed by atoms with E-state index in [1.165, 1.54) is 0 Å². The summed E-state index contributed by atoms with van der Waals surface area (Å²) in [4.78, 5) is 42.5. The van der Waals surface area contributed by atoms with Gasteiger partial charge in [-0.05, 0) is 25.0 Å². The van der Waals surface area contributed by atoms with E-state index in [1.54, 1.807) is 0 Å². The molecule has 0 aromatic heterocycles. The van der Waals surface area contributed by atoms with Gasteiger partial charge in [-0.15, -0.1) is 0 Å². The summed E-state index contributed by atoms with van der Waals surface area (Å²) in [6.07, 6.45) is 5.89. The number of rotatable bonds is 10. The number of carbonyl (C=O) groups is 4. The summed E-state index contributed by atoms with van der Waals surface area (Å²) in [5.74, 6) is -2.85. The van der Waals surface area contributed by atoms with Crippen molar-refractivity contribution in [2.45, 2.75) is 32.1 Å². The van der Waals surface area contributed by atoms with E-state index in [4.69, 9.17) is 10.2 Å². The van der Waals surface area contributed by atoms with E-state index in [9.17, 15) is 19.2 Å². The van der Waals surface area contributed by atoms with Gasteiger partial charge in [0.15, 0.2) is 11.6 Å². The molecule has 0 saturated carbocycles. The predicted octanol–water partition coefficient (Wildman–Crippen LogP) is 1.36. The van der Waals surface area contributed by atoms with Crippen LogP contribution in [-0.2, 0) is 19.2 Å². The molecular weight excluding hydrogens is 252 g/mol. The number of carbonyl (C=O) groups excluding carboxylic acids is 2. The van der Waals surface area contributed by atoms with Gasteiger partial charge < -0.3 is 10.2 Å². The molecule has 0 amide bonds. The average Bonchev–Trinajstić information content (AvgIpc) is 2.33. The molecule has 0 atom stereocenters. The van der Waals surface area contributed by atoms with E-state index in [0.29, 0.717) is 19.3 Å². The molecule has 19 heavy (non-hydrogen) atoms. The Labute approximate surface area is 110 Å². The Morgan fingerprint density at radius 3 is 1.32 bits per heavy atom. The van der Waals surface area contributed by atoms with Gasteiger partial charge in [0.25, 0.3) is 0 Å². The summed E-state index contributed by atoms with van der Waals surface area (Å²) in [7, 11) is 0. The Morgan fingerprint density at radius 1 is 0.632 bits per heavy atom. The van der Waals surface area contributed by atoms with Gasteiger partial charge >= 0.3 is 11.9 Å². The molecule has 0 aromatic rings. The van der Waals surface area contributed by atoms with Crippen LogP contribution in [0.5, 0.6) is 0 Å². The first kappa shape index (κ1) is 16.8. The fourth-order valence-electron chi connectivity index (χ4n) is 1.27. The lowest BCUT2D eigenvalue weighted by Gasteiger charge is -1.97. The number of carboxylic acid groups (broad SMARTS) is 2. The molecule has 104 valence electrons. The third-order valence-electron chi connectivity index (χ3n) is 2.17. The Bertz CT molecular complexity index is 367. The van der Waals surface area contributed by atoms with E-state index in [2.05, 4.69) is 0 Å². The predicted molar refractivity (Wildman–Crippen MR) is 66.7 cm³/mol. The number of unbranched alkanes of at least 4 members (excludes halogenated alkanes) is 2. The Kier molecular flexibility index (Phi) is 8.61. The molecule has 6 heteroatoms. The zero-order valence-corrected chi connectivity index (χ0v) is 10.4. The highest BCUT2D eigenvalue weighted by Crippen LogP contribution is 2.05. The molecule has 0 fully saturated rings. The highest BCUT2D eigenvalue weighted by Gasteiger charge is 2.01. The van der Waals surface area contributed by atoms with Crippen LogP contribution in [0.25, 0.3) is 0 Å². The first-order chi connectivity index (χ1) is 8.91. The highest BCUT2D eigenvalue weighted by molar-refractivity contribution is 5.95. The van der Waals surface area contributed by atoms with Gasteiger partial charge in [-0.2, -0.15) is 0 Å². The number of hydrogen-bond donors (Lipinski definition) is 2. The van der Waals surface area contributed by atoms with Crippen molar-refractivity contribution in [3.63, 3.8) is 0 Å². The summed E-state index contributed by atoms with van der Waals surface area (Å²) in [6, 6.07) is 0. The summed E-state index contributed by atoms with van der Waals surface area (Å²) in [6.45, 7) is 0. The topological polar surface area (TPSA) is 109 Å². The quantitative estimate of drug-likeness (QED) is 0.457. The summed E-state index contributed by atoms with van der Waals surface area (Å²) in [5, 5.41) is 16.6. The smallest absolute Gasteiger partial charge is 0.328 e. The Balaban J connectivity index is 3.65. The van der Waals surface area contributed by atoms with Crippen LogP contribution < -0.4 is 0 Å². The van der Waals surface area contributed by atoms with Gasteiger partial charge in [0.2, 0.25) is 0 Å². The molecule has 0 aliphatic rings. The minimum absolute atomic E-state index is 0.239. The van der Waals surface area contributed by atoms with Gasteiger partial charge in [0.05, 0.1) is 0 Å². The molecule has 0 unspecified atom stereocenters. The average molecular weight is 268 g/mol. The third kappa shape index (κ3) is 12.0. The van der Waals surface area contributed by atoms with Crippen molar-refractivity contribution >= 4 is 23.5 Å². The summed E-state index contributed by atoms with van der Waals surface area (Å²) >= 11 is 0. The van der Waals surface area contributed by atoms with Gasteiger partial charge in [-0.3, -0.25) is 9.59 Å². The van der Waals surface area contributed by atoms with Crippen LogP contribution in [0.3, 0.4) is 0 Å². The molecule has 0 rings (SSSR count). The summed E-state index contributed by atoms with van der Waals surface area (Å²) < 4.78 is 0. The van der Waals surface area contributed by atoms with E-state index < -0.39 is 11.9 Å². The number of aliphatic carboxylic acids is 2. The molecule has 0 saturated heterocycles. The van der Waals surface area contributed by atoms with Crippen molar-refractivity contribution in [3.05, 3.63) is 24.3 Å². The Morgan fingerprint density at radius 2 is 1.00 bits per heavy atom. The van der Waals surface area contributed by atoms with E-state index in [1.807, 2.05) is 0 Å². The molecule has 0 bridgehead atoms. The number of carboxylic acids is 2. The third-order valence-corrected chi connectivity index (χ3v) is 2.17. The first-order valence-corrected chi connectivity index (χ1v) is 5.79. The number of allylic oxidation sites excluding steroid dienone is 2. The van der Waals surface area contributed by atoms with Crippen LogP contribution in [-0.4, -0.2) is 33.7 Å². The minimum Gasteiger partial charge on any atom is -0.478 e. The standard InChI is InChI=1S/C13H16O6/c14-10(6-8-12(16)17)4-2-1-3-5-11(15)7-9-13(18)19/h6-9H,1-5H2,(H,16,17)(H,18,19)/b8-6-,9-7-. The number of hydrogen-bond acceptors (Lipinski definition) is 4. The lowest BCUT2D eigenvalue weighted by molar-refractivity contribution is -0.132. The monoisotopic (exact) mass is 268 g/mol. The lowest BCUT2D eigenvalue weighted by atomic mass is 10.1. The van der Waals surface area contributed by atoms with E-state index in [0.717, 1.165) is 24.3 Å². The first-order valence-electron chi connectivity index (χ1n) is 5.79. The minimum atomic E-state index is -1.16. The van der Waals surface area contributed by atoms with Crippen LogP contribution in [0.15, 0.2) is 24.3 Å². The van der Waals surface area contributed by atoms with Crippen LogP contribution in [0.4, 0.5) is 0 Å². The SMILES string of the molecule is O=C(O)/C=C\C(=O)CCCCCC(=O)/C=C\C(=O)O. The maximum Gasteiger partial charge on any atom is 0.328 e. The summed E-state index contributed by atoms with van der Waals surface area (Å²) in [5.41, 5.74) is 0. The number of ketones is 2. The van der Waals surface area contributed by atoms with E-state index >= 15 is 0 Å². The van der Waals surface area contributed by atoms with Crippen LogP contribution in [0.1, 0.15) is 32.1 Å². The largest absolute Gasteiger partial charge is 0.478 e. The molecule has 0 spiro atoms. The normalized spacial score (nSPS) is 10.9. The van der Waals surface area contributed by atoms with Crippen molar-refractivity contribution in [3.8, 4) is 0 Å². The van der Waals surface area contributed by atoms with Gasteiger partial charge in [0.1, 0.15) is 0 Å². The fraction of sp³-hybridized carbons (Fsp3) is 0.385.